The first kappa shape index (κ1) is 13.5. The first-order valence-electron chi connectivity index (χ1n) is 7.66. The third-order valence-electron chi connectivity index (χ3n) is 4.86. The molecule has 22 heavy (non-hydrogen) atoms. The van der Waals surface area contributed by atoms with E-state index in [0.29, 0.717) is 17.8 Å². The molecule has 5 heteroatoms. The molecule has 0 radical (unpaired) electrons. The fourth-order valence-electron chi connectivity index (χ4n) is 3.78. The molecule has 2 fully saturated rings. The minimum atomic E-state index is -0.349. The summed E-state index contributed by atoms with van der Waals surface area (Å²) in [6.07, 6.45) is 3.03. The van der Waals surface area contributed by atoms with Crippen molar-refractivity contribution in [2.75, 3.05) is 20.2 Å². The molecule has 114 valence electrons. The van der Waals surface area contributed by atoms with Crippen LogP contribution >= 0.6 is 0 Å². The van der Waals surface area contributed by atoms with E-state index in [2.05, 4.69) is 34.1 Å². The molecule has 1 aliphatic carbocycles. The number of piperidine rings is 1. The monoisotopic (exact) mass is 297 g/mol. The number of hydrogen-bond acceptors (Lipinski definition) is 4. The summed E-state index contributed by atoms with van der Waals surface area (Å²) >= 11 is 0. The first-order chi connectivity index (χ1) is 10.8. The van der Waals surface area contributed by atoms with Gasteiger partial charge in [-0.25, -0.2) is 14.3 Å². The molecular weight excluding hydrogens is 278 g/mol. The lowest BCUT2D eigenvalue weighted by Gasteiger charge is -2.19. The summed E-state index contributed by atoms with van der Waals surface area (Å²) in [6.45, 7) is 3.17. The van der Waals surface area contributed by atoms with Crippen LogP contribution in [0.2, 0.25) is 0 Å². The second kappa shape index (κ2) is 5.25. The SMILES string of the molecule is COC(=O)n1ccnc1C1C2CN(Cc3ccccc3)CC21. The molecule has 2 unspecified atom stereocenters. The first-order valence-corrected chi connectivity index (χ1v) is 7.66. The third-order valence-corrected chi connectivity index (χ3v) is 4.86. The van der Waals surface area contributed by atoms with Crippen LogP contribution in [0.4, 0.5) is 4.79 Å². The Kier molecular flexibility index (Phi) is 3.22. The Morgan fingerprint density at radius 2 is 2.00 bits per heavy atom. The fourth-order valence-corrected chi connectivity index (χ4v) is 3.78. The largest absolute Gasteiger partial charge is 0.452 e. The number of methoxy groups -OCH3 is 1. The van der Waals surface area contributed by atoms with Crippen LogP contribution in [-0.4, -0.2) is 40.7 Å². The van der Waals surface area contributed by atoms with Gasteiger partial charge in [0.15, 0.2) is 0 Å². The van der Waals surface area contributed by atoms with Gasteiger partial charge in [0.1, 0.15) is 5.82 Å². The molecule has 1 aromatic heterocycles. The molecule has 2 aliphatic rings. The number of ether oxygens (including phenoxy) is 1. The molecule has 1 saturated carbocycles. The molecular formula is C17H19N3O2. The number of carbonyl (C=O) groups is 1. The number of likely N-dealkylation sites (tertiary alicyclic amines) is 1. The minimum absolute atomic E-state index is 0.349. The number of benzene rings is 1. The number of carbonyl (C=O) groups excluding carboxylic acids is 1. The van der Waals surface area contributed by atoms with Crippen LogP contribution < -0.4 is 0 Å². The standard InChI is InChI=1S/C17H19N3O2/c1-22-17(21)20-8-7-18-16(20)15-13-10-19(11-14(13)15)9-12-5-3-2-4-6-12/h2-8,13-15H,9-11H2,1H3. The third kappa shape index (κ3) is 2.22. The van der Waals surface area contributed by atoms with Crippen molar-refractivity contribution >= 4 is 6.09 Å². The number of hydrogen-bond donors (Lipinski definition) is 0. The Morgan fingerprint density at radius 1 is 1.27 bits per heavy atom. The van der Waals surface area contributed by atoms with Gasteiger partial charge < -0.3 is 4.74 Å². The van der Waals surface area contributed by atoms with Crippen LogP contribution in [0.1, 0.15) is 17.3 Å². The summed E-state index contributed by atoms with van der Waals surface area (Å²) in [4.78, 5) is 18.6. The van der Waals surface area contributed by atoms with E-state index in [1.54, 1.807) is 17.0 Å². The smallest absolute Gasteiger partial charge is 0.419 e. The molecule has 5 nitrogen and oxygen atoms in total. The van der Waals surface area contributed by atoms with Crippen molar-refractivity contribution in [3.8, 4) is 0 Å². The quantitative estimate of drug-likeness (QED) is 0.872. The van der Waals surface area contributed by atoms with Crippen molar-refractivity contribution in [2.24, 2.45) is 11.8 Å². The Balaban J connectivity index is 1.41. The van der Waals surface area contributed by atoms with Crippen LogP contribution in [0.15, 0.2) is 42.7 Å². The molecule has 0 spiro atoms. The average Bonchev–Trinajstić information content (AvgIpc) is 2.95. The van der Waals surface area contributed by atoms with Crippen molar-refractivity contribution in [3.05, 3.63) is 54.1 Å². The van der Waals surface area contributed by atoms with Gasteiger partial charge in [0.05, 0.1) is 7.11 Å². The van der Waals surface area contributed by atoms with Crippen molar-refractivity contribution in [2.45, 2.75) is 12.5 Å². The van der Waals surface area contributed by atoms with E-state index < -0.39 is 0 Å². The van der Waals surface area contributed by atoms with Gasteiger partial charge in [0, 0.05) is 37.9 Å². The summed E-state index contributed by atoms with van der Waals surface area (Å²) in [5.74, 6) is 2.51. The van der Waals surface area contributed by atoms with Crippen molar-refractivity contribution in [1.29, 1.82) is 0 Å². The van der Waals surface area contributed by atoms with Crippen molar-refractivity contribution < 1.29 is 9.53 Å². The van der Waals surface area contributed by atoms with Crippen LogP contribution in [0.5, 0.6) is 0 Å². The maximum absolute atomic E-state index is 11.7. The van der Waals surface area contributed by atoms with Gasteiger partial charge >= 0.3 is 6.09 Å². The van der Waals surface area contributed by atoms with Gasteiger partial charge in [0.2, 0.25) is 0 Å². The zero-order chi connectivity index (χ0) is 15.1. The molecule has 1 aromatic carbocycles. The summed E-state index contributed by atoms with van der Waals surface area (Å²) in [6, 6.07) is 10.6. The maximum Gasteiger partial charge on any atom is 0.419 e. The molecule has 0 N–H and O–H groups in total. The Labute approximate surface area is 129 Å². The van der Waals surface area contributed by atoms with Gasteiger partial charge in [0.25, 0.3) is 0 Å². The lowest BCUT2D eigenvalue weighted by Crippen LogP contribution is -2.24. The highest BCUT2D eigenvalue weighted by Gasteiger charge is 2.58. The molecule has 0 amide bonds. The summed E-state index contributed by atoms with van der Waals surface area (Å²) in [5.41, 5.74) is 1.36. The molecule has 2 atom stereocenters. The summed E-state index contributed by atoms with van der Waals surface area (Å²) in [7, 11) is 1.40. The number of fused-ring (bicyclic) bond motifs is 1. The van der Waals surface area contributed by atoms with E-state index in [-0.39, 0.29) is 6.09 Å². The normalized spacial score (nSPS) is 26.7. The van der Waals surface area contributed by atoms with E-state index >= 15 is 0 Å². The fraction of sp³-hybridized carbons (Fsp3) is 0.412. The van der Waals surface area contributed by atoms with Crippen LogP contribution in [0.3, 0.4) is 0 Å². The second-order valence-corrected chi connectivity index (χ2v) is 6.16. The van der Waals surface area contributed by atoms with E-state index in [4.69, 9.17) is 4.74 Å². The number of imidazole rings is 1. The second-order valence-electron chi connectivity index (χ2n) is 6.16. The van der Waals surface area contributed by atoms with E-state index in [0.717, 1.165) is 25.5 Å². The number of aromatic nitrogens is 2. The topological polar surface area (TPSA) is 47.4 Å². The minimum Gasteiger partial charge on any atom is -0.452 e. The summed E-state index contributed by atoms with van der Waals surface area (Å²) in [5, 5.41) is 0. The van der Waals surface area contributed by atoms with Gasteiger partial charge in [-0.1, -0.05) is 30.3 Å². The molecule has 0 bridgehead atoms. The predicted molar refractivity (Wildman–Crippen MR) is 81.5 cm³/mol. The Morgan fingerprint density at radius 3 is 2.68 bits per heavy atom. The highest BCUT2D eigenvalue weighted by Crippen LogP contribution is 2.57. The molecule has 1 saturated heterocycles. The van der Waals surface area contributed by atoms with Gasteiger partial charge in [-0.2, -0.15) is 0 Å². The van der Waals surface area contributed by atoms with Gasteiger partial charge in [-0.05, 0) is 17.4 Å². The molecule has 4 rings (SSSR count). The molecule has 1 aliphatic heterocycles. The lowest BCUT2D eigenvalue weighted by atomic mass is 10.2. The Hall–Kier alpha value is -2.14. The van der Waals surface area contributed by atoms with Crippen LogP contribution in [0.25, 0.3) is 0 Å². The van der Waals surface area contributed by atoms with Gasteiger partial charge in [-0.15, -0.1) is 0 Å². The summed E-state index contributed by atoms with van der Waals surface area (Å²) < 4.78 is 6.36. The van der Waals surface area contributed by atoms with E-state index in [1.165, 1.54) is 12.7 Å². The van der Waals surface area contributed by atoms with Crippen molar-refractivity contribution in [1.82, 2.24) is 14.5 Å². The highest BCUT2D eigenvalue weighted by atomic mass is 16.5. The molecule has 2 aromatic rings. The zero-order valence-electron chi connectivity index (χ0n) is 12.6. The number of nitrogens with zero attached hydrogens (tertiary/aromatic N) is 3. The van der Waals surface area contributed by atoms with Crippen LogP contribution in [-0.2, 0) is 11.3 Å². The Bertz CT molecular complexity index is 670. The highest BCUT2D eigenvalue weighted by molar-refractivity contribution is 5.71. The predicted octanol–water partition coefficient (Wildman–Crippen LogP) is 2.34. The van der Waals surface area contributed by atoms with E-state index in [9.17, 15) is 4.79 Å². The lowest BCUT2D eigenvalue weighted by molar-refractivity contribution is 0.171. The number of rotatable bonds is 3. The van der Waals surface area contributed by atoms with Crippen molar-refractivity contribution in [3.63, 3.8) is 0 Å². The molecule has 2 heterocycles. The maximum atomic E-state index is 11.7. The average molecular weight is 297 g/mol. The zero-order valence-corrected chi connectivity index (χ0v) is 12.6. The van der Waals surface area contributed by atoms with E-state index in [1.807, 2.05) is 6.07 Å². The van der Waals surface area contributed by atoms with Gasteiger partial charge in [-0.3, -0.25) is 4.90 Å². The van der Waals surface area contributed by atoms with Crippen LogP contribution in [0, 0.1) is 11.8 Å².